The molecule has 2 amide bonds. The minimum atomic E-state index is -0.691. The van der Waals surface area contributed by atoms with Crippen LogP contribution in [0.25, 0.3) is 0 Å². The van der Waals surface area contributed by atoms with Crippen molar-refractivity contribution in [3.63, 3.8) is 0 Å². The first kappa shape index (κ1) is 19.5. The maximum absolute atomic E-state index is 12.3. The SMILES string of the molecule is N=C(N)N1CCC(NC(=O)C(=O)Nc2ccc(Cl)cc2)CC12CCCCC2. The number of likely N-dealkylation sites (tertiary alicyclic amines) is 1. The molecule has 1 saturated heterocycles. The van der Waals surface area contributed by atoms with Crippen LogP contribution in [0.2, 0.25) is 5.02 Å². The molecule has 1 aliphatic heterocycles. The first-order chi connectivity index (χ1) is 12.9. The van der Waals surface area contributed by atoms with Crippen molar-refractivity contribution in [1.29, 1.82) is 5.41 Å². The van der Waals surface area contributed by atoms with Gasteiger partial charge in [0.2, 0.25) is 0 Å². The Bertz CT molecular complexity index is 715. The number of carbonyl (C=O) groups is 2. The molecule has 8 heteroatoms. The summed E-state index contributed by atoms with van der Waals surface area (Å²) < 4.78 is 0. The zero-order valence-corrected chi connectivity index (χ0v) is 16.0. The highest BCUT2D eigenvalue weighted by Gasteiger charge is 2.44. The highest BCUT2D eigenvalue weighted by molar-refractivity contribution is 6.39. The summed E-state index contributed by atoms with van der Waals surface area (Å²) in [5.74, 6) is -1.23. The number of guanidine groups is 1. The molecule has 1 aromatic carbocycles. The summed E-state index contributed by atoms with van der Waals surface area (Å²) in [5, 5.41) is 13.9. The molecule has 1 spiro atoms. The highest BCUT2D eigenvalue weighted by atomic mass is 35.5. The van der Waals surface area contributed by atoms with Gasteiger partial charge < -0.3 is 21.3 Å². The number of carbonyl (C=O) groups excluding carboxylic acids is 2. The predicted molar refractivity (Wildman–Crippen MR) is 106 cm³/mol. The van der Waals surface area contributed by atoms with Crippen molar-refractivity contribution in [2.45, 2.75) is 56.5 Å². The Labute approximate surface area is 164 Å². The molecule has 1 aromatic rings. The van der Waals surface area contributed by atoms with Gasteiger partial charge in [0.15, 0.2) is 5.96 Å². The molecule has 7 nitrogen and oxygen atoms in total. The summed E-state index contributed by atoms with van der Waals surface area (Å²) in [7, 11) is 0. The van der Waals surface area contributed by atoms with Gasteiger partial charge in [-0.25, -0.2) is 0 Å². The van der Waals surface area contributed by atoms with E-state index in [1.165, 1.54) is 6.42 Å². The summed E-state index contributed by atoms with van der Waals surface area (Å²) in [6.45, 7) is 0.624. The van der Waals surface area contributed by atoms with E-state index in [0.717, 1.165) is 25.7 Å². The van der Waals surface area contributed by atoms with Gasteiger partial charge in [0.05, 0.1) is 0 Å². The van der Waals surface area contributed by atoms with E-state index in [4.69, 9.17) is 22.7 Å². The number of nitrogens with two attached hydrogens (primary N) is 1. The number of hydrogen-bond donors (Lipinski definition) is 4. The summed E-state index contributed by atoms with van der Waals surface area (Å²) in [6.07, 6.45) is 6.71. The summed E-state index contributed by atoms with van der Waals surface area (Å²) >= 11 is 5.82. The Balaban J connectivity index is 1.61. The lowest BCUT2D eigenvalue weighted by molar-refractivity contribution is -0.137. The average Bonchev–Trinajstić information content (AvgIpc) is 2.64. The lowest BCUT2D eigenvalue weighted by atomic mass is 9.73. The molecule has 3 rings (SSSR count). The van der Waals surface area contributed by atoms with Crippen molar-refractivity contribution < 1.29 is 9.59 Å². The Morgan fingerprint density at radius 1 is 1.15 bits per heavy atom. The topological polar surface area (TPSA) is 111 Å². The van der Waals surface area contributed by atoms with Crippen molar-refractivity contribution in [3.05, 3.63) is 29.3 Å². The van der Waals surface area contributed by atoms with Crippen molar-refractivity contribution in [1.82, 2.24) is 10.2 Å². The van der Waals surface area contributed by atoms with Crippen molar-refractivity contribution >= 4 is 35.1 Å². The number of nitrogens with zero attached hydrogens (tertiary/aromatic N) is 1. The molecule has 0 aromatic heterocycles. The second-order valence-corrected chi connectivity index (χ2v) is 7.88. The third kappa shape index (κ3) is 4.53. The molecule has 1 aliphatic carbocycles. The fraction of sp³-hybridized carbons (Fsp3) is 0.526. The summed E-state index contributed by atoms with van der Waals surface area (Å²) in [5.41, 5.74) is 6.16. The minimum absolute atomic E-state index is 0.0952. The third-order valence-electron chi connectivity index (χ3n) is 5.62. The van der Waals surface area contributed by atoms with Crippen LogP contribution in [0.3, 0.4) is 0 Å². The van der Waals surface area contributed by atoms with Gasteiger partial charge in [-0.1, -0.05) is 30.9 Å². The molecule has 146 valence electrons. The Hall–Kier alpha value is -2.28. The van der Waals surface area contributed by atoms with Crippen LogP contribution in [-0.4, -0.2) is 40.8 Å². The second-order valence-electron chi connectivity index (χ2n) is 7.45. The molecule has 5 N–H and O–H groups in total. The molecule has 1 unspecified atom stereocenters. The predicted octanol–water partition coefficient (Wildman–Crippen LogP) is 2.46. The van der Waals surface area contributed by atoms with Crippen LogP contribution in [0, 0.1) is 5.41 Å². The molecular formula is C19H26ClN5O2. The van der Waals surface area contributed by atoms with Crippen LogP contribution in [-0.2, 0) is 9.59 Å². The maximum Gasteiger partial charge on any atom is 0.313 e. The fourth-order valence-corrected chi connectivity index (χ4v) is 4.47. The number of nitrogens with one attached hydrogen (secondary N) is 3. The van der Waals surface area contributed by atoms with Crippen LogP contribution in [0.15, 0.2) is 24.3 Å². The third-order valence-corrected chi connectivity index (χ3v) is 5.87. The number of hydrogen-bond acceptors (Lipinski definition) is 3. The van der Waals surface area contributed by atoms with E-state index in [1.54, 1.807) is 24.3 Å². The Morgan fingerprint density at radius 3 is 2.44 bits per heavy atom. The number of benzene rings is 1. The number of amides is 2. The first-order valence-electron chi connectivity index (χ1n) is 9.39. The Kier molecular flexibility index (Phi) is 5.89. The first-order valence-corrected chi connectivity index (χ1v) is 9.76. The summed E-state index contributed by atoms with van der Waals surface area (Å²) in [6, 6.07) is 6.51. The molecule has 2 fully saturated rings. The van der Waals surface area contributed by atoms with E-state index in [0.29, 0.717) is 30.1 Å². The largest absolute Gasteiger partial charge is 0.370 e. The molecule has 2 aliphatic rings. The number of halogens is 1. The number of piperidine rings is 1. The van der Waals surface area contributed by atoms with Gasteiger partial charge in [-0.3, -0.25) is 15.0 Å². The van der Waals surface area contributed by atoms with Gasteiger partial charge in [0.25, 0.3) is 0 Å². The fourth-order valence-electron chi connectivity index (χ4n) is 4.35. The van der Waals surface area contributed by atoms with Crippen molar-refractivity contribution in [3.8, 4) is 0 Å². The van der Waals surface area contributed by atoms with E-state index < -0.39 is 11.8 Å². The quantitative estimate of drug-likeness (QED) is 0.352. The van der Waals surface area contributed by atoms with E-state index in [-0.39, 0.29) is 17.5 Å². The van der Waals surface area contributed by atoms with E-state index in [2.05, 4.69) is 10.6 Å². The molecule has 0 bridgehead atoms. The van der Waals surface area contributed by atoms with E-state index in [1.807, 2.05) is 4.90 Å². The van der Waals surface area contributed by atoms with Gasteiger partial charge in [0.1, 0.15) is 0 Å². The molecule has 27 heavy (non-hydrogen) atoms. The van der Waals surface area contributed by atoms with Crippen LogP contribution in [0.5, 0.6) is 0 Å². The molecule has 1 saturated carbocycles. The normalized spacial score (nSPS) is 21.5. The van der Waals surface area contributed by atoms with Crippen LogP contribution < -0.4 is 16.4 Å². The van der Waals surface area contributed by atoms with Gasteiger partial charge in [-0.2, -0.15) is 0 Å². The molecular weight excluding hydrogens is 366 g/mol. The lowest BCUT2D eigenvalue weighted by Gasteiger charge is -2.52. The summed E-state index contributed by atoms with van der Waals surface area (Å²) in [4.78, 5) is 26.5. The van der Waals surface area contributed by atoms with Gasteiger partial charge >= 0.3 is 11.8 Å². The second kappa shape index (κ2) is 8.17. The van der Waals surface area contributed by atoms with Crippen molar-refractivity contribution in [2.75, 3.05) is 11.9 Å². The Morgan fingerprint density at radius 2 is 1.81 bits per heavy atom. The highest BCUT2D eigenvalue weighted by Crippen LogP contribution is 2.40. The van der Waals surface area contributed by atoms with Crippen LogP contribution >= 0.6 is 11.6 Å². The number of anilines is 1. The number of rotatable bonds is 2. The average molecular weight is 392 g/mol. The van der Waals surface area contributed by atoms with Gasteiger partial charge in [0, 0.05) is 28.8 Å². The zero-order chi connectivity index (χ0) is 19.4. The van der Waals surface area contributed by atoms with E-state index in [9.17, 15) is 9.59 Å². The smallest absolute Gasteiger partial charge is 0.313 e. The van der Waals surface area contributed by atoms with Crippen LogP contribution in [0.4, 0.5) is 5.69 Å². The van der Waals surface area contributed by atoms with E-state index >= 15 is 0 Å². The van der Waals surface area contributed by atoms with Gasteiger partial charge in [-0.05, 0) is 49.9 Å². The molecule has 1 atom stereocenters. The van der Waals surface area contributed by atoms with Gasteiger partial charge in [-0.15, -0.1) is 0 Å². The molecule has 0 radical (unpaired) electrons. The molecule has 1 heterocycles. The lowest BCUT2D eigenvalue weighted by Crippen LogP contribution is -2.62. The zero-order valence-electron chi connectivity index (χ0n) is 15.3. The minimum Gasteiger partial charge on any atom is -0.370 e. The van der Waals surface area contributed by atoms with Crippen molar-refractivity contribution in [2.24, 2.45) is 5.73 Å². The standard InChI is InChI=1S/C19H26ClN5O2/c20-13-4-6-14(7-5-13)23-16(26)17(27)24-15-8-11-25(18(21)22)19(12-15)9-2-1-3-10-19/h4-7,15H,1-3,8-12H2,(H3,21,22)(H,23,26)(H,24,27). The maximum atomic E-state index is 12.3. The monoisotopic (exact) mass is 391 g/mol. The van der Waals surface area contributed by atoms with Crippen LogP contribution in [0.1, 0.15) is 44.9 Å².